The SMILES string of the molecule is CCOC(=O)CC[C@H](NC(=O)c1cc(C#Cn2cnc3nc(NC(=O)C(C)(C)C)cc-3c2O)cs1)C(=O)OCC. The molecule has 12 nitrogen and oxygen atoms in total. The molecule has 1 aromatic rings. The van der Waals surface area contributed by atoms with Gasteiger partial charge in [0.15, 0.2) is 5.82 Å². The number of hydrogen-bond acceptors (Lipinski definition) is 10. The first kappa shape index (κ1) is 30.1. The van der Waals surface area contributed by atoms with Gasteiger partial charge in [0.2, 0.25) is 11.8 Å². The molecule has 2 amide bonds. The first-order chi connectivity index (χ1) is 18.9. The summed E-state index contributed by atoms with van der Waals surface area (Å²) < 4.78 is 11.1. The Kier molecular flexibility index (Phi) is 9.84. The number of carbonyl (C=O) groups is 4. The van der Waals surface area contributed by atoms with Gasteiger partial charge < -0.3 is 25.2 Å². The Morgan fingerprint density at radius 2 is 1.88 bits per heavy atom. The van der Waals surface area contributed by atoms with Crippen LogP contribution in [-0.4, -0.2) is 62.7 Å². The van der Waals surface area contributed by atoms with Gasteiger partial charge in [-0.1, -0.05) is 20.8 Å². The Balaban J connectivity index is 1.72. The first-order valence-electron chi connectivity index (χ1n) is 12.5. The lowest BCUT2D eigenvalue weighted by Gasteiger charge is -2.16. The zero-order chi connectivity index (χ0) is 29.4. The van der Waals surface area contributed by atoms with Crippen LogP contribution in [0.1, 0.15) is 62.7 Å². The van der Waals surface area contributed by atoms with Crippen LogP contribution in [0.2, 0.25) is 0 Å². The second-order valence-corrected chi connectivity index (χ2v) is 10.5. The molecular formula is C27H31N5O7S. The molecule has 1 aromatic heterocycles. The van der Waals surface area contributed by atoms with Gasteiger partial charge in [0.25, 0.3) is 5.91 Å². The van der Waals surface area contributed by atoms with Crippen LogP contribution in [0.3, 0.4) is 0 Å². The van der Waals surface area contributed by atoms with Crippen molar-refractivity contribution < 1.29 is 33.8 Å². The number of esters is 2. The maximum atomic E-state index is 12.8. The van der Waals surface area contributed by atoms with Crippen molar-refractivity contribution in [3.63, 3.8) is 0 Å². The Morgan fingerprint density at radius 3 is 2.55 bits per heavy atom. The smallest absolute Gasteiger partial charge is 0.328 e. The topological polar surface area (TPSA) is 162 Å². The Morgan fingerprint density at radius 1 is 1.15 bits per heavy atom. The third-order valence-corrected chi connectivity index (χ3v) is 6.33. The van der Waals surface area contributed by atoms with Crippen molar-refractivity contribution in [1.82, 2.24) is 19.9 Å². The number of amides is 2. The van der Waals surface area contributed by atoms with Crippen LogP contribution in [-0.2, 0) is 23.9 Å². The van der Waals surface area contributed by atoms with Crippen molar-refractivity contribution >= 4 is 40.9 Å². The van der Waals surface area contributed by atoms with E-state index in [1.807, 2.05) is 0 Å². The number of thiophene rings is 1. The van der Waals surface area contributed by atoms with Crippen molar-refractivity contribution in [2.45, 2.75) is 53.5 Å². The van der Waals surface area contributed by atoms with Crippen LogP contribution in [0.25, 0.3) is 11.4 Å². The number of hydrogen-bond donors (Lipinski definition) is 3. The van der Waals surface area contributed by atoms with Crippen LogP contribution in [0, 0.1) is 17.4 Å². The van der Waals surface area contributed by atoms with Crippen molar-refractivity contribution in [3.05, 3.63) is 34.3 Å². The quantitative estimate of drug-likeness (QED) is 0.260. The van der Waals surface area contributed by atoms with E-state index in [1.165, 1.54) is 23.0 Å². The predicted octanol–water partition coefficient (Wildman–Crippen LogP) is 3.00. The van der Waals surface area contributed by atoms with Gasteiger partial charge in [0.05, 0.1) is 23.7 Å². The second-order valence-electron chi connectivity index (χ2n) is 9.58. The number of rotatable bonds is 9. The van der Waals surface area contributed by atoms with Gasteiger partial charge in [-0.05, 0) is 38.3 Å². The summed E-state index contributed by atoms with van der Waals surface area (Å²) in [5, 5.41) is 17.6. The zero-order valence-electron chi connectivity index (χ0n) is 22.9. The molecule has 3 rings (SSSR count). The first-order valence-corrected chi connectivity index (χ1v) is 13.4. The zero-order valence-corrected chi connectivity index (χ0v) is 23.7. The molecule has 2 aliphatic heterocycles. The molecule has 0 bridgehead atoms. The standard InChI is InChI=1S/C27H31N5O7S/c1-6-38-21(33)9-8-18(25(36)39-7-2)29-23(34)19-12-16(14-40-19)10-11-32-15-28-22-17(24(32)35)13-20(30-22)31-26(37)27(3,4)5/h12-15,18,35H,6-9H2,1-5H3,(H,29,34)(H,31,37)/t18-/m0/s1. The number of fused-ring (bicyclic) bond motifs is 1. The van der Waals surface area contributed by atoms with E-state index >= 15 is 0 Å². The van der Waals surface area contributed by atoms with E-state index in [-0.39, 0.29) is 54.4 Å². The fraction of sp³-hybridized carbons (Fsp3) is 0.407. The molecule has 0 aromatic carbocycles. The van der Waals surface area contributed by atoms with Gasteiger partial charge in [-0.3, -0.25) is 14.4 Å². The maximum Gasteiger partial charge on any atom is 0.328 e. The minimum Gasteiger partial charge on any atom is -0.493 e. The summed E-state index contributed by atoms with van der Waals surface area (Å²) >= 11 is 1.11. The Labute approximate surface area is 235 Å². The van der Waals surface area contributed by atoms with Gasteiger partial charge in [-0.25, -0.2) is 19.3 Å². The van der Waals surface area contributed by atoms with Crippen LogP contribution >= 0.6 is 11.3 Å². The Bertz CT molecular complexity index is 1430. The highest BCUT2D eigenvalue weighted by Gasteiger charge is 2.25. The van der Waals surface area contributed by atoms with E-state index in [4.69, 9.17) is 9.47 Å². The van der Waals surface area contributed by atoms with E-state index in [2.05, 4.69) is 32.6 Å². The molecule has 212 valence electrons. The van der Waals surface area contributed by atoms with Crippen molar-refractivity contribution in [3.8, 4) is 29.2 Å². The summed E-state index contributed by atoms with van der Waals surface area (Å²) in [6.07, 6.45) is 1.27. The lowest BCUT2D eigenvalue weighted by Crippen LogP contribution is -2.42. The molecule has 40 heavy (non-hydrogen) atoms. The largest absolute Gasteiger partial charge is 0.493 e. The highest BCUT2D eigenvalue weighted by atomic mass is 32.1. The average molecular weight is 570 g/mol. The molecule has 0 unspecified atom stereocenters. The number of carbonyl (C=O) groups excluding carboxylic acids is 4. The second kappa shape index (κ2) is 13.1. The van der Waals surface area contributed by atoms with E-state index in [0.717, 1.165) is 11.3 Å². The van der Waals surface area contributed by atoms with Crippen molar-refractivity contribution in [2.75, 3.05) is 18.5 Å². The number of aromatic hydroxyl groups is 1. The number of aromatic nitrogens is 3. The Hall–Kier alpha value is -4.44. The molecule has 0 fully saturated rings. The molecule has 1 atom stereocenters. The third-order valence-electron chi connectivity index (χ3n) is 5.40. The molecule has 3 heterocycles. The maximum absolute atomic E-state index is 12.8. The number of ether oxygens (including phenoxy) is 2. The summed E-state index contributed by atoms with van der Waals surface area (Å²) in [6.45, 7) is 8.99. The van der Waals surface area contributed by atoms with Gasteiger partial charge in [-0.2, -0.15) is 0 Å². The van der Waals surface area contributed by atoms with Crippen molar-refractivity contribution in [1.29, 1.82) is 0 Å². The number of anilines is 1. The van der Waals surface area contributed by atoms with Gasteiger partial charge in [-0.15, -0.1) is 11.3 Å². The monoisotopic (exact) mass is 569 g/mol. The fourth-order valence-corrected chi connectivity index (χ4v) is 4.02. The molecule has 2 aliphatic rings. The van der Waals surface area contributed by atoms with E-state index < -0.39 is 29.3 Å². The summed E-state index contributed by atoms with van der Waals surface area (Å²) in [5.41, 5.74) is 0.171. The lowest BCUT2D eigenvalue weighted by atomic mass is 9.96. The molecule has 0 aliphatic carbocycles. The minimum absolute atomic E-state index is 0.0328. The number of nitrogens with one attached hydrogen (secondary N) is 2. The molecule has 0 radical (unpaired) electrons. The molecule has 0 spiro atoms. The lowest BCUT2D eigenvalue weighted by molar-refractivity contribution is -0.146. The molecule has 0 saturated heterocycles. The van der Waals surface area contributed by atoms with E-state index in [1.54, 1.807) is 40.0 Å². The fourth-order valence-electron chi connectivity index (χ4n) is 3.28. The highest BCUT2D eigenvalue weighted by Crippen LogP contribution is 2.31. The summed E-state index contributed by atoms with van der Waals surface area (Å²) in [5.74, 6) is 1.27. The van der Waals surface area contributed by atoms with Crippen LogP contribution in [0.4, 0.5) is 5.82 Å². The van der Waals surface area contributed by atoms with E-state index in [9.17, 15) is 24.3 Å². The summed E-state index contributed by atoms with van der Waals surface area (Å²) in [7, 11) is 0. The molecule has 0 saturated carbocycles. The minimum atomic E-state index is -1.02. The van der Waals surface area contributed by atoms with Crippen LogP contribution in [0.5, 0.6) is 5.88 Å². The third kappa shape index (κ3) is 7.79. The average Bonchev–Trinajstić information content (AvgIpc) is 3.53. The molecular weight excluding hydrogens is 538 g/mol. The normalized spacial score (nSPS) is 11.7. The number of nitrogens with zero attached hydrogens (tertiary/aromatic N) is 3. The predicted molar refractivity (Wildman–Crippen MR) is 147 cm³/mol. The van der Waals surface area contributed by atoms with Gasteiger partial charge >= 0.3 is 11.9 Å². The van der Waals surface area contributed by atoms with Crippen molar-refractivity contribution in [2.24, 2.45) is 5.41 Å². The van der Waals surface area contributed by atoms with Gasteiger partial charge in [0, 0.05) is 28.8 Å². The van der Waals surface area contributed by atoms with Crippen LogP contribution < -0.4 is 10.6 Å². The van der Waals surface area contributed by atoms with E-state index in [0.29, 0.717) is 11.1 Å². The van der Waals surface area contributed by atoms with Gasteiger partial charge in [0.1, 0.15) is 18.2 Å². The molecule has 3 N–H and O–H groups in total. The van der Waals surface area contributed by atoms with Crippen LogP contribution in [0.15, 0.2) is 23.8 Å². The molecule has 13 heteroatoms. The summed E-state index contributed by atoms with van der Waals surface area (Å²) in [4.78, 5) is 57.7. The highest BCUT2D eigenvalue weighted by molar-refractivity contribution is 7.12. The summed E-state index contributed by atoms with van der Waals surface area (Å²) in [6, 6.07) is 4.78.